The standard InChI is InChI=1S/C10H8Cl2N2O2S/c11-7-3-8(12)13-4-6(7)5-14-9(15)1-2-17-10(14)16/h3-4H,1-2,5H2. The number of hydrogen-bond acceptors (Lipinski definition) is 4. The lowest BCUT2D eigenvalue weighted by Crippen LogP contribution is -2.37. The predicted octanol–water partition coefficient (Wildman–Crippen LogP) is 2.97. The van der Waals surface area contributed by atoms with Gasteiger partial charge in [-0.1, -0.05) is 35.0 Å². The minimum absolute atomic E-state index is 0.146. The molecule has 1 aliphatic rings. The number of aromatic nitrogens is 1. The molecule has 0 N–H and O–H groups in total. The average molecular weight is 291 g/mol. The summed E-state index contributed by atoms with van der Waals surface area (Å²) in [7, 11) is 0. The second kappa shape index (κ2) is 5.25. The Morgan fingerprint density at radius 2 is 2.18 bits per heavy atom. The van der Waals surface area contributed by atoms with Crippen LogP contribution in [0, 0.1) is 0 Å². The molecule has 1 fully saturated rings. The molecule has 1 saturated heterocycles. The maximum absolute atomic E-state index is 11.6. The number of carbonyl (C=O) groups is 2. The number of carbonyl (C=O) groups excluding carboxylic acids is 2. The van der Waals surface area contributed by atoms with E-state index in [4.69, 9.17) is 23.2 Å². The van der Waals surface area contributed by atoms with E-state index in [9.17, 15) is 9.59 Å². The lowest BCUT2D eigenvalue weighted by molar-refractivity contribution is -0.128. The Morgan fingerprint density at radius 3 is 2.82 bits per heavy atom. The van der Waals surface area contributed by atoms with Gasteiger partial charge in [0.1, 0.15) is 5.15 Å². The van der Waals surface area contributed by atoms with E-state index in [1.165, 1.54) is 17.2 Å². The SMILES string of the molecule is O=C1CCSC(=O)N1Cc1cnc(Cl)cc1Cl. The molecule has 0 aliphatic carbocycles. The van der Waals surface area contributed by atoms with Crippen molar-refractivity contribution in [1.29, 1.82) is 0 Å². The van der Waals surface area contributed by atoms with E-state index in [1.807, 2.05) is 0 Å². The molecule has 1 aromatic heterocycles. The summed E-state index contributed by atoms with van der Waals surface area (Å²) in [6, 6.07) is 1.49. The zero-order chi connectivity index (χ0) is 12.4. The van der Waals surface area contributed by atoms with Crippen LogP contribution in [-0.2, 0) is 11.3 Å². The number of pyridine rings is 1. The van der Waals surface area contributed by atoms with Gasteiger partial charge in [-0.05, 0) is 6.07 Å². The van der Waals surface area contributed by atoms with E-state index in [0.29, 0.717) is 22.8 Å². The van der Waals surface area contributed by atoms with Crippen LogP contribution in [0.15, 0.2) is 12.3 Å². The fourth-order valence-corrected chi connectivity index (χ4v) is 2.61. The number of amides is 2. The zero-order valence-electron chi connectivity index (χ0n) is 8.65. The Labute approximate surface area is 112 Å². The molecule has 0 saturated carbocycles. The Balaban J connectivity index is 2.19. The fraction of sp³-hybridized carbons (Fsp3) is 0.300. The summed E-state index contributed by atoms with van der Waals surface area (Å²) in [5, 5.41) is 0.442. The first-order valence-corrected chi connectivity index (χ1v) is 6.59. The van der Waals surface area contributed by atoms with Crippen molar-refractivity contribution in [2.45, 2.75) is 13.0 Å². The van der Waals surface area contributed by atoms with Crippen LogP contribution in [0.25, 0.3) is 0 Å². The summed E-state index contributed by atoms with van der Waals surface area (Å²) in [4.78, 5) is 28.2. The number of rotatable bonds is 2. The minimum atomic E-state index is -0.243. The smallest absolute Gasteiger partial charge is 0.274 e. The molecular weight excluding hydrogens is 283 g/mol. The molecule has 2 heterocycles. The maximum atomic E-state index is 11.6. The molecule has 2 amide bonds. The molecule has 1 aliphatic heterocycles. The molecule has 0 radical (unpaired) electrons. The predicted molar refractivity (Wildman–Crippen MR) is 67.3 cm³/mol. The molecule has 4 nitrogen and oxygen atoms in total. The fourth-order valence-electron chi connectivity index (χ4n) is 1.42. The normalized spacial score (nSPS) is 16.5. The molecule has 0 bridgehead atoms. The largest absolute Gasteiger partial charge is 0.288 e. The van der Waals surface area contributed by atoms with E-state index >= 15 is 0 Å². The van der Waals surface area contributed by atoms with Crippen LogP contribution in [0.4, 0.5) is 4.79 Å². The quantitative estimate of drug-likeness (QED) is 0.786. The van der Waals surface area contributed by atoms with Crippen LogP contribution in [0.1, 0.15) is 12.0 Å². The highest BCUT2D eigenvalue weighted by molar-refractivity contribution is 8.13. The lowest BCUT2D eigenvalue weighted by atomic mass is 10.2. The monoisotopic (exact) mass is 290 g/mol. The van der Waals surface area contributed by atoms with Crippen LogP contribution in [-0.4, -0.2) is 26.8 Å². The Hall–Kier alpha value is -0.780. The highest BCUT2D eigenvalue weighted by Gasteiger charge is 2.27. The van der Waals surface area contributed by atoms with Gasteiger partial charge in [0.15, 0.2) is 0 Å². The molecule has 90 valence electrons. The molecule has 1 aromatic rings. The summed E-state index contributed by atoms with van der Waals surface area (Å²) in [6.07, 6.45) is 1.85. The van der Waals surface area contributed by atoms with Crippen LogP contribution >= 0.6 is 35.0 Å². The molecule has 7 heteroatoms. The van der Waals surface area contributed by atoms with Gasteiger partial charge in [-0.3, -0.25) is 14.5 Å². The van der Waals surface area contributed by atoms with Crippen molar-refractivity contribution in [3.8, 4) is 0 Å². The highest BCUT2D eigenvalue weighted by Crippen LogP contribution is 2.24. The second-order valence-corrected chi connectivity index (χ2v) is 5.28. The first-order valence-electron chi connectivity index (χ1n) is 4.85. The second-order valence-electron chi connectivity index (χ2n) is 3.44. The Morgan fingerprint density at radius 1 is 1.41 bits per heavy atom. The highest BCUT2D eigenvalue weighted by atomic mass is 35.5. The summed E-state index contributed by atoms with van der Waals surface area (Å²) in [6.45, 7) is 0.146. The summed E-state index contributed by atoms with van der Waals surface area (Å²) < 4.78 is 0. The van der Waals surface area contributed by atoms with E-state index < -0.39 is 0 Å². The summed E-state index contributed by atoms with van der Waals surface area (Å²) in [5.41, 5.74) is 0.611. The van der Waals surface area contributed by atoms with Crippen LogP contribution < -0.4 is 0 Å². The van der Waals surface area contributed by atoms with Gasteiger partial charge in [-0.2, -0.15) is 0 Å². The van der Waals surface area contributed by atoms with Crippen LogP contribution in [0.5, 0.6) is 0 Å². The average Bonchev–Trinajstić information content (AvgIpc) is 2.26. The molecule has 0 spiro atoms. The van der Waals surface area contributed by atoms with E-state index in [2.05, 4.69) is 4.98 Å². The van der Waals surface area contributed by atoms with Crippen molar-refractivity contribution in [2.75, 3.05) is 5.75 Å². The number of hydrogen-bond donors (Lipinski definition) is 0. The Kier molecular flexibility index (Phi) is 3.91. The van der Waals surface area contributed by atoms with Crippen LogP contribution in [0.3, 0.4) is 0 Å². The van der Waals surface area contributed by atoms with E-state index in [1.54, 1.807) is 0 Å². The van der Waals surface area contributed by atoms with Gasteiger partial charge >= 0.3 is 0 Å². The van der Waals surface area contributed by atoms with Crippen molar-refractivity contribution >= 4 is 46.1 Å². The molecular formula is C10H8Cl2N2O2S. The van der Waals surface area contributed by atoms with E-state index in [0.717, 1.165) is 11.8 Å². The minimum Gasteiger partial charge on any atom is -0.274 e. The van der Waals surface area contributed by atoms with Gasteiger partial charge < -0.3 is 0 Å². The van der Waals surface area contributed by atoms with Crippen molar-refractivity contribution in [2.24, 2.45) is 0 Å². The third-order valence-electron chi connectivity index (χ3n) is 2.29. The van der Waals surface area contributed by atoms with Crippen molar-refractivity contribution < 1.29 is 9.59 Å². The van der Waals surface area contributed by atoms with Gasteiger partial charge in [-0.15, -0.1) is 0 Å². The van der Waals surface area contributed by atoms with Crippen molar-refractivity contribution in [3.63, 3.8) is 0 Å². The van der Waals surface area contributed by atoms with Crippen LogP contribution in [0.2, 0.25) is 10.2 Å². The van der Waals surface area contributed by atoms with Crippen molar-refractivity contribution in [3.05, 3.63) is 28.0 Å². The number of thioether (sulfide) groups is 1. The lowest BCUT2D eigenvalue weighted by Gasteiger charge is -2.24. The topological polar surface area (TPSA) is 50.3 Å². The molecule has 0 atom stereocenters. The third kappa shape index (κ3) is 2.91. The summed E-state index contributed by atoms with van der Waals surface area (Å²) >= 11 is 12.8. The van der Waals surface area contributed by atoms with Gasteiger partial charge in [0.05, 0.1) is 11.6 Å². The first kappa shape index (κ1) is 12.7. The van der Waals surface area contributed by atoms with Gasteiger partial charge in [0, 0.05) is 23.9 Å². The van der Waals surface area contributed by atoms with E-state index in [-0.39, 0.29) is 22.8 Å². The van der Waals surface area contributed by atoms with Gasteiger partial charge in [0.2, 0.25) is 5.91 Å². The number of imide groups is 1. The van der Waals surface area contributed by atoms with Gasteiger partial charge in [-0.25, -0.2) is 4.98 Å². The Bertz CT molecular complexity index is 465. The first-order chi connectivity index (χ1) is 8.08. The zero-order valence-corrected chi connectivity index (χ0v) is 11.0. The van der Waals surface area contributed by atoms with Crippen molar-refractivity contribution in [1.82, 2.24) is 9.88 Å². The summed E-state index contributed by atoms with van der Waals surface area (Å²) in [5.74, 6) is 0.362. The molecule has 0 unspecified atom stereocenters. The molecule has 17 heavy (non-hydrogen) atoms. The van der Waals surface area contributed by atoms with Gasteiger partial charge in [0.25, 0.3) is 5.24 Å². The molecule has 0 aromatic carbocycles. The molecule has 2 rings (SSSR count). The third-order valence-corrected chi connectivity index (χ3v) is 3.72. The number of halogens is 2. The number of nitrogens with zero attached hydrogens (tertiary/aromatic N) is 2. The maximum Gasteiger partial charge on any atom is 0.288 e.